The van der Waals surface area contributed by atoms with Gasteiger partial charge in [-0.1, -0.05) is 133 Å². The number of thiophene rings is 1. The van der Waals surface area contributed by atoms with E-state index in [1.54, 1.807) is 0 Å². The maximum atomic E-state index is 6.88. The summed E-state index contributed by atoms with van der Waals surface area (Å²) in [6.07, 6.45) is 0. The van der Waals surface area contributed by atoms with Gasteiger partial charge in [-0.3, -0.25) is 0 Å². The van der Waals surface area contributed by atoms with Gasteiger partial charge in [0.05, 0.1) is 0 Å². The zero-order valence-electron chi connectivity index (χ0n) is 28.4. The highest BCUT2D eigenvalue weighted by Gasteiger charge is 2.22. The number of furan rings is 2. The molecule has 9 aromatic carbocycles. The Morgan fingerprint density at radius 3 is 1.77 bits per heavy atom. The van der Waals surface area contributed by atoms with Crippen molar-refractivity contribution in [2.75, 3.05) is 0 Å². The van der Waals surface area contributed by atoms with Crippen LogP contribution in [0.2, 0.25) is 0 Å². The Morgan fingerprint density at radius 1 is 0.358 bits per heavy atom. The Hall–Kier alpha value is -6.68. The van der Waals surface area contributed by atoms with Crippen LogP contribution < -0.4 is 0 Å². The number of benzene rings is 9. The van der Waals surface area contributed by atoms with Gasteiger partial charge in [0.15, 0.2) is 0 Å². The minimum absolute atomic E-state index is 0.919. The molecule has 0 aliphatic heterocycles. The summed E-state index contributed by atoms with van der Waals surface area (Å²) in [7, 11) is 0. The topological polar surface area (TPSA) is 26.3 Å². The Balaban J connectivity index is 1.11. The van der Waals surface area contributed by atoms with E-state index in [2.05, 4.69) is 158 Å². The van der Waals surface area contributed by atoms with E-state index in [1.807, 2.05) is 23.5 Å². The summed E-state index contributed by atoms with van der Waals surface area (Å²) in [5.41, 5.74) is 9.66. The van der Waals surface area contributed by atoms with Crippen LogP contribution in [0.5, 0.6) is 0 Å². The van der Waals surface area contributed by atoms with Crippen molar-refractivity contribution in [3.05, 3.63) is 170 Å². The zero-order chi connectivity index (χ0) is 34.6. The normalized spacial score (nSPS) is 12.2. The average molecular weight is 693 g/mol. The van der Waals surface area contributed by atoms with Gasteiger partial charge < -0.3 is 8.83 Å². The summed E-state index contributed by atoms with van der Waals surface area (Å²) in [4.78, 5) is 1.27. The van der Waals surface area contributed by atoms with Gasteiger partial charge in [0.2, 0.25) is 0 Å². The van der Waals surface area contributed by atoms with Gasteiger partial charge in [-0.15, -0.1) is 11.3 Å². The molecule has 0 spiro atoms. The third-order valence-electron chi connectivity index (χ3n) is 11.1. The largest absolute Gasteiger partial charge is 0.456 e. The van der Waals surface area contributed by atoms with Crippen LogP contribution in [0.25, 0.3) is 119 Å². The second-order valence-electron chi connectivity index (χ2n) is 13.9. The van der Waals surface area contributed by atoms with E-state index >= 15 is 0 Å². The molecule has 3 aromatic heterocycles. The fraction of sp³-hybridized carbons (Fsp3) is 0. The molecule has 0 aliphatic rings. The number of para-hydroxylation sites is 2. The number of fused-ring (bicyclic) bond motifs is 12. The van der Waals surface area contributed by atoms with E-state index in [0.717, 1.165) is 38.7 Å². The Morgan fingerprint density at radius 2 is 1.00 bits per heavy atom. The monoisotopic (exact) mass is 692 g/mol. The van der Waals surface area contributed by atoms with Crippen molar-refractivity contribution in [3.63, 3.8) is 0 Å². The SMILES string of the molecule is c1ccc(-c2cc3ccc4oc5c(-c6c7ccccc7c(-c7ccc8c(ccc9oc%10ccccc%10c98)c7)c7ccccc67)cccc5c4c3s2)cc1. The van der Waals surface area contributed by atoms with Crippen LogP contribution in [0.3, 0.4) is 0 Å². The van der Waals surface area contributed by atoms with Gasteiger partial charge in [0, 0.05) is 42.2 Å². The summed E-state index contributed by atoms with van der Waals surface area (Å²) in [6.45, 7) is 0. The van der Waals surface area contributed by atoms with Gasteiger partial charge in [-0.25, -0.2) is 0 Å². The van der Waals surface area contributed by atoms with Crippen molar-refractivity contribution in [2.24, 2.45) is 0 Å². The van der Waals surface area contributed by atoms with Crippen LogP contribution in [-0.4, -0.2) is 0 Å². The van der Waals surface area contributed by atoms with E-state index in [0.29, 0.717) is 0 Å². The fourth-order valence-electron chi connectivity index (χ4n) is 8.76. The van der Waals surface area contributed by atoms with E-state index in [1.165, 1.54) is 80.3 Å². The van der Waals surface area contributed by atoms with Crippen molar-refractivity contribution in [2.45, 2.75) is 0 Å². The molecule has 0 aliphatic carbocycles. The minimum Gasteiger partial charge on any atom is -0.456 e. The lowest BCUT2D eigenvalue weighted by Crippen LogP contribution is -1.91. The summed E-state index contributed by atoms with van der Waals surface area (Å²) in [5.74, 6) is 0. The Labute approximate surface area is 307 Å². The first kappa shape index (κ1) is 29.0. The molecular formula is C50H28O2S. The Bertz CT molecular complexity index is 3390. The van der Waals surface area contributed by atoms with Crippen molar-refractivity contribution < 1.29 is 8.83 Å². The summed E-state index contributed by atoms with van der Waals surface area (Å²) in [6, 6.07) is 61.2. The van der Waals surface area contributed by atoms with E-state index in [4.69, 9.17) is 8.83 Å². The van der Waals surface area contributed by atoms with Crippen LogP contribution in [0.1, 0.15) is 0 Å². The maximum Gasteiger partial charge on any atom is 0.143 e. The minimum atomic E-state index is 0.919. The third-order valence-corrected chi connectivity index (χ3v) is 12.3. The summed E-state index contributed by atoms with van der Waals surface area (Å²) in [5, 5.41) is 13.1. The molecule has 0 fully saturated rings. The van der Waals surface area contributed by atoms with Crippen molar-refractivity contribution in [1.82, 2.24) is 0 Å². The van der Waals surface area contributed by atoms with Crippen LogP contribution in [0.4, 0.5) is 0 Å². The molecule has 3 heterocycles. The number of hydrogen-bond acceptors (Lipinski definition) is 3. The van der Waals surface area contributed by atoms with E-state index in [9.17, 15) is 0 Å². The van der Waals surface area contributed by atoms with Gasteiger partial charge in [-0.05, 0) is 90.8 Å². The molecule has 3 heteroatoms. The first-order chi connectivity index (χ1) is 26.3. The predicted molar refractivity (Wildman–Crippen MR) is 225 cm³/mol. The summed E-state index contributed by atoms with van der Waals surface area (Å²) < 4.78 is 14.4. The molecule has 0 N–H and O–H groups in total. The van der Waals surface area contributed by atoms with Crippen molar-refractivity contribution in [3.8, 4) is 32.7 Å². The lowest BCUT2D eigenvalue weighted by Gasteiger charge is -2.18. The third kappa shape index (κ3) is 4.14. The van der Waals surface area contributed by atoms with E-state index in [-0.39, 0.29) is 0 Å². The molecule has 53 heavy (non-hydrogen) atoms. The van der Waals surface area contributed by atoms with Crippen LogP contribution in [0.15, 0.2) is 179 Å². The summed E-state index contributed by atoms with van der Waals surface area (Å²) >= 11 is 1.84. The van der Waals surface area contributed by atoms with Gasteiger partial charge in [0.1, 0.15) is 22.3 Å². The molecule has 0 unspecified atom stereocenters. The lowest BCUT2D eigenvalue weighted by atomic mass is 9.85. The molecule has 0 amide bonds. The second-order valence-corrected chi connectivity index (χ2v) is 15.0. The highest BCUT2D eigenvalue weighted by atomic mass is 32.1. The molecule has 246 valence electrons. The average Bonchev–Trinajstić information content (AvgIpc) is 3.93. The van der Waals surface area contributed by atoms with Gasteiger partial charge in [-0.2, -0.15) is 0 Å². The standard InChI is InChI=1S/C50H28O2S/c1-2-11-29(12-3-1)44-28-32-23-26-43-48(50(32)53-44)40-19-10-18-39(49(40)52-43)46-36-15-6-4-13-34(36)45(35-14-5-7-16-37(35)46)31-21-24-33-30(27-31)22-25-42-47(33)38-17-8-9-20-41(38)51-42/h1-28H. The first-order valence-corrected chi connectivity index (χ1v) is 18.8. The fourth-order valence-corrected chi connectivity index (χ4v) is 9.98. The molecule has 0 radical (unpaired) electrons. The molecule has 0 atom stereocenters. The first-order valence-electron chi connectivity index (χ1n) is 18.0. The molecule has 0 saturated carbocycles. The molecule has 2 nitrogen and oxygen atoms in total. The zero-order valence-corrected chi connectivity index (χ0v) is 29.2. The van der Waals surface area contributed by atoms with Gasteiger partial charge in [0.25, 0.3) is 0 Å². The maximum absolute atomic E-state index is 6.88. The highest BCUT2D eigenvalue weighted by molar-refractivity contribution is 7.23. The molecule has 0 bridgehead atoms. The van der Waals surface area contributed by atoms with Crippen molar-refractivity contribution >= 4 is 97.6 Å². The van der Waals surface area contributed by atoms with Gasteiger partial charge >= 0.3 is 0 Å². The van der Waals surface area contributed by atoms with E-state index < -0.39 is 0 Å². The van der Waals surface area contributed by atoms with Crippen LogP contribution in [0, 0.1) is 0 Å². The number of rotatable bonds is 3. The number of hydrogen-bond donors (Lipinski definition) is 0. The van der Waals surface area contributed by atoms with Crippen molar-refractivity contribution in [1.29, 1.82) is 0 Å². The lowest BCUT2D eigenvalue weighted by molar-refractivity contribution is 0.669. The van der Waals surface area contributed by atoms with Crippen LogP contribution in [-0.2, 0) is 0 Å². The quantitative estimate of drug-likeness (QED) is 0.172. The molecule has 12 aromatic rings. The predicted octanol–water partition coefficient (Wildman–Crippen LogP) is 15.2. The second kappa shape index (κ2) is 10.9. The highest BCUT2D eigenvalue weighted by Crippen LogP contribution is 2.49. The smallest absolute Gasteiger partial charge is 0.143 e. The Kier molecular flexibility index (Phi) is 5.96. The van der Waals surface area contributed by atoms with Crippen LogP contribution >= 0.6 is 11.3 Å². The molecule has 12 rings (SSSR count). The molecular weight excluding hydrogens is 665 g/mol. The molecule has 0 saturated heterocycles.